The van der Waals surface area contributed by atoms with Crippen molar-refractivity contribution in [3.8, 4) is 5.75 Å². The zero-order valence-corrected chi connectivity index (χ0v) is 13.9. The van der Waals surface area contributed by atoms with Gasteiger partial charge in [0.05, 0.1) is 37.2 Å². The van der Waals surface area contributed by atoms with Crippen LogP contribution in [0, 0.1) is 6.92 Å². The first-order valence-electron chi connectivity index (χ1n) is 7.95. The van der Waals surface area contributed by atoms with Gasteiger partial charge in [-0.25, -0.2) is 0 Å². The van der Waals surface area contributed by atoms with Gasteiger partial charge in [0.25, 0.3) is 5.91 Å². The molecule has 1 amide bonds. The highest BCUT2D eigenvalue weighted by Crippen LogP contribution is 2.17. The van der Waals surface area contributed by atoms with Gasteiger partial charge in [-0.05, 0) is 19.1 Å². The molecule has 1 saturated heterocycles. The number of hydrogen-bond acceptors (Lipinski definition) is 6. The van der Waals surface area contributed by atoms with Crippen LogP contribution in [0.25, 0.3) is 5.65 Å². The van der Waals surface area contributed by atoms with Crippen molar-refractivity contribution in [2.75, 3.05) is 13.2 Å². The minimum Gasteiger partial charge on any atom is -0.482 e. The van der Waals surface area contributed by atoms with Crippen LogP contribution in [0.3, 0.4) is 0 Å². The minimum atomic E-state index is -0.256. The van der Waals surface area contributed by atoms with Gasteiger partial charge in [-0.15, -0.1) is 10.2 Å². The van der Waals surface area contributed by atoms with Gasteiger partial charge in [-0.2, -0.15) is 5.10 Å². The SMILES string of the molecule is Cc1nnc2ccc(C(=O)N[C@H]3COC[C@H]3Oc3cnn(C)c3)cn12. The van der Waals surface area contributed by atoms with Gasteiger partial charge in [0.2, 0.25) is 0 Å². The number of carbonyl (C=O) groups excluding carboxylic acids is 1. The third kappa shape index (κ3) is 3.05. The maximum atomic E-state index is 12.6. The molecular formula is C16H18N6O3. The normalized spacial score (nSPS) is 20.1. The molecule has 0 bridgehead atoms. The van der Waals surface area contributed by atoms with Crippen LogP contribution in [-0.2, 0) is 11.8 Å². The number of aryl methyl sites for hydroxylation is 2. The number of pyridine rings is 1. The quantitative estimate of drug-likeness (QED) is 0.735. The molecule has 9 heteroatoms. The minimum absolute atomic E-state index is 0.190. The van der Waals surface area contributed by atoms with Gasteiger partial charge < -0.3 is 14.8 Å². The topological polar surface area (TPSA) is 95.6 Å². The molecule has 4 heterocycles. The van der Waals surface area contributed by atoms with Crippen molar-refractivity contribution in [3.63, 3.8) is 0 Å². The molecule has 0 saturated carbocycles. The Bertz CT molecular complexity index is 918. The lowest BCUT2D eigenvalue weighted by Gasteiger charge is -2.19. The molecule has 4 rings (SSSR count). The number of carbonyl (C=O) groups is 1. The van der Waals surface area contributed by atoms with E-state index in [1.54, 1.807) is 39.8 Å². The lowest BCUT2D eigenvalue weighted by molar-refractivity contribution is 0.0903. The summed E-state index contributed by atoms with van der Waals surface area (Å²) in [5.74, 6) is 1.19. The monoisotopic (exact) mass is 342 g/mol. The summed E-state index contributed by atoms with van der Waals surface area (Å²) in [7, 11) is 1.82. The fourth-order valence-electron chi connectivity index (χ4n) is 2.81. The van der Waals surface area contributed by atoms with Crippen LogP contribution in [-0.4, -0.2) is 55.6 Å². The maximum Gasteiger partial charge on any atom is 0.253 e. The van der Waals surface area contributed by atoms with E-state index in [-0.39, 0.29) is 18.1 Å². The van der Waals surface area contributed by atoms with E-state index >= 15 is 0 Å². The molecule has 1 fully saturated rings. The number of fused-ring (bicyclic) bond motifs is 1. The maximum absolute atomic E-state index is 12.6. The van der Waals surface area contributed by atoms with Crippen LogP contribution < -0.4 is 10.1 Å². The average molecular weight is 342 g/mol. The van der Waals surface area contributed by atoms with Crippen molar-refractivity contribution >= 4 is 11.6 Å². The lowest BCUT2D eigenvalue weighted by atomic mass is 10.2. The van der Waals surface area contributed by atoms with E-state index in [4.69, 9.17) is 9.47 Å². The molecule has 9 nitrogen and oxygen atoms in total. The van der Waals surface area contributed by atoms with Crippen LogP contribution >= 0.6 is 0 Å². The predicted octanol–water partition coefficient (Wildman–Crippen LogP) is 0.347. The third-order valence-corrected chi connectivity index (χ3v) is 4.15. The molecular weight excluding hydrogens is 324 g/mol. The van der Waals surface area contributed by atoms with Gasteiger partial charge in [0, 0.05) is 13.2 Å². The zero-order valence-electron chi connectivity index (χ0n) is 13.9. The summed E-state index contributed by atoms with van der Waals surface area (Å²) in [5.41, 5.74) is 1.23. The number of nitrogens with one attached hydrogen (secondary N) is 1. The number of hydrogen-bond donors (Lipinski definition) is 1. The molecule has 1 aliphatic heterocycles. The Hall–Kier alpha value is -2.94. The summed E-state index contributed by atoms with van der Waals surface area (Å²) in [6.45, 7) is 2.66. The molecule has 0 aromatic carbocycles. The van der Waals surface area contributed by atoms with Crippen LogP contribution in [0.1, 0.15) is 16.2 Å². The van der Waals surface area contributed by atoms with E-state index in [1.165, 1.54) is 0 Å². The summed E-state index contributed by atoms with van der Waals surface area (Å²) in [6, 6.07) is 3.26. The fourth-order valence-corrected chi connectivity index (χ4v) is 2.81. The number of rotatable bonds is 4. The Morgan fingerprint density at radius 2 is 2.20 bits per heavy atom. The summed E-state index contributed by atoms with van der Waals surface area (Å²) in [5, 5.41) is 15.1. The molecule has 0 aliphatic carbocycles. The largest absolute Gasteiger partial charge is 0.482 e. The standard InChI is InChI=1S/C16H18N6O3/c1-10-19-20-15-4-3-11(6-22(10)15)16(23)18-13-8-24-9-14(13)25-12-5-17-21(2)7-12/h3-7,13-14H,8-9H2,1-2H3,(H,18,23)/t13-,14+/m0/s1. The molecule has 1 aliphatic rings. The molecule has 0 unspecified atom stereocenters. The average Bonchev–Trinajstić information content (AvgIpc) is 3.30. The van der Waals surface area contributed by atoms with Gasteiger partial charge in [0.1, 0.15) is 11.9 Å². The van der Waals surface area contributed by atoms with Crippen molar-refractivity contribution in [2.45, 2.75) is 19.1 Å². The lowest BCUT2D eigenvalue weighted by Crippen LogP contribution is -2.45. The Morgan fingerprint density at radius 3 is 3.00 bits per heavy atom. The van der Waals surface area contributed by atoms with Gasteiger partial charge in [-0.3, -0.25) is 13.9 Å². The van der Waals surface area contributed by atoms with E-state index in [2.05, 4.69) is 20.6 Å². The van der Waals surface area contributed by atoms with Crippen molar-refractivity contribution in [1.82, 2.24) is 29.7 Å². The fraction of sp³-hybridized carbons (Fsp3) is 0.375. The summed E-state index contributed by atoms with van der Waals surface area (Å²) in [6.07, 6.45) is 4.89. The van der Waals surface area contributed by atoms with Crippen LogP contribution in [0.2, 0.25) is 0 Å². The van der Waals surface area contributed by atoms with Crippen LogP contribution in [0.5, 0.6) is 5.75 Å². The molecule has 130 valence electrons. The van der Waals surface area contributed by atoms with E-state index in [0.29, 0.717) is 30.2 Å². The van der Waals surface area contributed by atoms with Crippen LogP contribution in [0.15, 0.2) is 30.7 Å². The van der Waals surface area contributed by atoms with Gasteiger partial charge in [-0.1, -0.05) is 0 Å². The van der Waals surface area contributed by atoms with Gasteiger partial charge in [0.15, 0.2) is 11.4 Å². The highest BCUT2D eigenvalue weighted by Gasteiger charge is 2.32. The molecule has 0 spiro atoms. The third-order valence-electron chi connectivity index (χ3n) is 4.15. The van der Waals surface area contributed by atoms with Crippen molar-refractivity contribution in [1.29, 1.82) is 0 Å². The first kappa shape index (κ1) is 15.6. The van der Waals surface area contributed by atoms with Crippen molar-refractivity contribution in [3.05, 3.63) is 42.1 Å². The highest BCUT2D eigenvalue weighted by molar-refractivity contribution is 5.94. The summed E-state index contributed by atoms with van der Waals surface area (Å²) >= 11 is 0. The van der Waals surface area contributed by atoms with Crippen LogP contribution in [0.4, 0.5) is 0 Å². The van der Waals surface area contributed by atoms with Crippen molar-refractivity contribution < 1.29 is 14.3 Å². The highest BCUT2D eigenvalue weighted by atomic mass is 16.5. The first-order chi connectivity index (χ1) is 12.1. The van der Waals surface area contributed by atoms with Gasteiger partial charge >= 0.3 is 0 Å². The van der Waals surface area contributed by atoms with E-state index in [1.807, 2.05) is 14.0 Å². The molecule has 25 heavy (non-hydrogen) atoms. The Labute approximate surface area is 143 Å². The second-order valence-electron chi connectivity index (χ2n) is 6.02. The smallest absolute Gasteiger partial charge is 0.253 e. The summed E-state index contributed by atoms with van der Waals surface area (Å²) in [4.78, 5) is 12.6. The Balaban J connectivity index is 1.47. The molecule has 3 aromatic rings. The summed E-state index contributed by atoms with van der Waals surface area (Å²) < 4.78 is 14.8. The number of aromatic nitrogens is 5. The number of ether oxygens (including phenoxy) is 2. The molecule has 2 atom stereocenters. The second-order valence-corrected chi connectivity index (χ2v) is 6.02. The molecule has 3 aromatic heterocycles. The first-order valence-corrected chi connectivity index (χ1v) is 7.95. The van der Waals surface area contributed by atoms with E-state index in [0.717, 1.165) is 5.82 Å². The molecule has 0 radical (unpaired) electrons. The van der Waals surface area contributed by atoms with Crippen molar-refractivity contribution in [2.24, 2.45) is 7.05 Å². The zero-order chi connectivity index (χ0) is 17.4. The number of amides is 1. The second kappa shape index (κ2) is 6.17. The molecule has 1 N–H and O–H groups in total. The van der Waals surface area contributed by atoms with E-state index < -0.39 is 0 Å². The number of nitrogens with zero attached hydrogens (tertiary/aromatic N) is 5. The van der Waals surface area contributed by atoms with E-state index in [9.17, 15) is 4.79 Å². The predicted molar refractivity (Wildman–Crippen MR) is 87.4 cm³/mol. The Kier molecular flexibility index (Phi) is 3.85. The Morgan fingerprint density at radius 1 is 1.32 bits per heavy atom.